The van der Waals surface area contributed by atoms with E-state index in [-0.39, 0.29) is 0 Å². The van der Waals surface area contributed by atoms with Crippen LogP contribution in [0.25, 0.3) is 0 Å². The van der Waals surface area contributed by atoms with Gasteiger partial charge < -0.3 is 14.5 Å². The normalized spacial score (nSPS) is 21.7. The van der Waals surface area contributed by atoms with Gasteiger partial charge in [0.15, 0.2) is 0 Å². The summed E-state index contributed by atoms with van der Waals surface area (Å²) in [6.45, 7) is 3.16. The SMILES string of the molecule is CC1CCCCC1Nc1nnc(COCc2ccccc2)o1. The highest BCUT2D eigenvalue weighted by atomic mass is 16.5. The number of hydrogen-bond donors (Lipinski definition) is 1. The highest BCUT2D eigenvalue weighted by Crippen LogP contribution is 2.26. The summed E-state index contributed by atoms with van der Waals surface area (Å²) in [6.07, 6.45) is 5.02. The number of aromatic nitrogens is 2. The molecule has 1 N–H and O–H groups in total. The average molecular weight is 301 g/mol. The average Bonchev–Trinajstić information content (AvgIpc) is 2.98. The molecule has 2 unspecified atom stereocenters. The maximum absolute atomic E-state index is 5.61. The minimum atomic E-state index is 0.337. The van der Waals surface area contributed by atoms with E-state index in [4.69, 9.17) is 9.15 Å². The van der Waals surface area contributed by atoms with Crippen LogP contribution in [0.15, 0.2) is 34.7 Å². The molecule has 1 saturated carbocycles. The van der Waals surface area contributed by atoms with Crippen molar-refractivity contribution in [3.63, 3.8) is 0 Å². The zero-order valence-electron chi connectivity index (χ0n) is 13.0. The molecule has 0 spiro atoms. The first-order valence-corrected chi connectivity index (χ1v) is 8.02. The lowest BCUT2D eigenvalue weighted by atomic mass is 9.86. The summed E-state index contributed by atoms with van der Waals surface area (Å²) in [6, 6.07) is 11.0. The van der Waals surface area contributed by atoms with Gasteiger partial charge in [0.25, 0.3) is 0 Å². The topological polar surface area (TPSA) is 60.2 Å². The van der Waals surface area contributed by atoms with Crippen LogP contribution in [0, 0.1) is 5.92 Å². The largest absolute Gasteiger partial charge is 0.406 e. The van der Waals surface area contributed by atoms with Crippen LogP contribution in [-0.2, 0) is 18.0 Å². The van der Waals surface area contributed by atoms with Crippen LogP contribution in [0.4, 0.5) is 6.01 Å². The molecule has 0 radical (unpaired) electrons. The van der Waals surface area contributed by atoms with Crippen molar-refractivity contribution in [3.8, 4) is 0 Å². The van der Waals surface area contributed by atoms with Crippen molar-refractivity contribution >= 4 is 6.01 Å². The van der Waals surface area contributed by atoms with Crippen molar-refractivity contribution in [3.05, 3.63) is 41.8 Å². The fraction of sp³-hybridized carbons (Fsp3) is 0.529. The number of ether oxygens (including phenoxy) is 1. The van der Waals surface area contributed by atoms with Crippen LogP contribution < -0.4 is 5.32 Å². The molecule has 0 amide bonds. The zero-order chi connectivity index (χ0) is 15.2. The molecule has 2 atom stereocenters. The Morgan fingerprint density at radius 3 is 2.77 bits per heavy atom. The lowest BCUT2D eigenvalue weighted by molar-refractivity contribution is 0.0898. The first kappa shape index (κ1) is 15.0. The highest BCUT2D eigenvalue weighted by Gasteiger charge is 2.22. The molecule has 5 nitrogen and oxygen atoms in total. The van der Waals surface area contributed by atoms with Crippen molar-refractivity contribution in [2.75, 3.05) is 5.32 Å². The van der Waals surface area contributed by atoms with Crippen LogP contribution in [-0.4, -0.2) is 16.2 Å². The smallest absolute Gasteiger partial charge is 0.315 e. The van der Waals surface area contributed by atoms with E-state index in [0.717, 1.165) is 5.56 Å². The van der Waals surface area contributed by atoms with E-state index >= 15 is 0 Å². The number of anilines is 1. The minimum Gasteiger partial charge on any atom is -0.406 e. The molecule has 0 aliphatic heterocycles. The fourth-order valence-electron chi connectivity index (χ4n) is 2.89. The van der Waals surface area contributed by atoms with Crippen molar-refractivity contribution in [1.29, 1.82) is 0 Å². The molecule has 1 aromatic heterocycles. The summed E-state index contributed by atoms with van der Waals surface area (Å²) in [5, 5.41) is 11.5. The molecule has 0 saturated heterocycles. The second-order valence-corrected chi connectivity index (χ2v) is 5.99. The Hall–Kier alpha value is -1.88. The summed E-state index contributed by atoms with van der Waals surface area (Å²) in [7, 11) is 0. The number of rotatable bonds is 6. The molecule has 3 rings (SSSR count). The third kappa shape index (κ3) is 4.07. The third-order valence-electron chi connectivity index (χ3n) is 4.22. The molecular weight excluding hydrogens is 278 g/mol. The van der Waals surface area contributed by atoms with Gasteiger partial charge in [-0.2, -0.15) is 0 Å². The van der Waals surface area contributed by atoms with E-state index in [2.05, 4.69) is 22.4 Å². The van der Waals surface area contributed by atoms with Gasteiger partial charge in [-0.3, -0.25) is 0 Å². The number of benzene rings is 1. The second kappa shape index (κ2) is 7.40. The molecule has 1 aliphatic carbocycles. The Kier molecular flexibility index (Phi) is 5.06. The van der Waals surface area contributed by atoms with E-state index < -0.39 is 0 Å². The molecular formula is C17H23N3O2. The summed E-state index contributed by atoms with van der Waals surface area (Å²) < 4.78 is 11.2. The number of nitrogens with one attached hydrogen (secondary N) is 1. The van der Waals surface area contributed by atoms with E-state index in [9.17, 15) is 0 Å². The molecule has 1 aliphatic rings. The Morgan fingerprint density at radius 2 is 1.95 bits per heavy atom. The quantitative estimate of drug-likeness (QED) is 0.880. The van der Waals surface area contributed by atoms with Gasteiger partial charge in [0.05, 0.1) is 6.61 Å². The van der Waals surface area contributed by atoms with E-state index in [1.807, 2.05) is 30.3 Å². The summed E-state index contributed by atoms with van der Waals surface area (Å²) in [5.74, 6) is 1.17. The maximum atomic E-state index is 5.61. The molecule has 2 aromatic rings. The first-order chi connectivity index (χ1) is 10.8. The maximum Gasteiger partial charge on any atom is 0.315 e. The van der Waals surface area contributed by atoms with Gasteiger partial charge in [-0.05, 0) is 24.3 Å². The van der Waals surface area contributed by atoms with Gasteiger partial charge in [0.2, 0.25) is 5.89 Å². The van der Waals surface area contributed by atoms with Crippen molar-refractivity contribution < 1.29 is 9.15 Å². The third-order valence-corrected chi connectivity index (χ3v) is 4.22. The van der Waals surface area contributed by atoms with Gasteiger partial charge in [0.1, 0.15) is 6.61 Å². The Labute approximate surface area is 131 Å². The van der Waals surface area contributed by atoms with E-state index in [1.54, 1.807) is 0 Å². The summed E-state index contributed by atoms with van der Waals surface area (Å²) >= 11 is 0. The monoisotopic (exact) mass is 301 g/mol. The molecule has 1 fully saturated rings. The lowest BCUT2D eigenvalue weighted by Crippen LogP contribution is -2.30. The summed E-state index contributed by atoms with van der Waals surface area (Å²) in [5.41, 5.74) is 1.14. The number of nitrogens with zero attached hydrogens (tertiary/aromatic N) is 2. The van der Waals surface area contributed by atoms with Gasteiger partial charge in [0, 0.05) is 6.04 Å². The molecule has 22 heavy (non-hydrogen) atoms. The Bertz CT molecular complexity index is 570. The molecule has 1 heterocycles. The van der Waals surface area contributed by atoms with Crippen molar-refractivity contribution in [1.82, 2.24) is 10.2 Å². The van der Waals surface area contributed by atoms with Crippen molar-refractivity contribution in [2.45, 2.75) is 51.9 Å². The van der Waals surface area contributed by atoms with Gasteiger partial charge >= 0.3 is 6.01 Å². The lowest BCUT2D eigenvalue weighted by Gasteiger charge is -2.28. The van der Waals surface area contributed by atoms with Crippen LogP contribution in [0.3, 0.4) is 0 Å². The summed E-state index contributed by atoms with van der Waals surface area (Å²) in [4.78, 5) is 0. The van der Waals surface area contributed by atoms with E-state index in [0.29, 0.717) is 37.1 Å². The predicted octanol–water partition coefficient (Wildman–Crippen LogP) is 3.78. The Balaban J connectivity index is 1.46. The standard InChI is InChI=1S/C17H23N3O2/c1-13-7-5-6-10-15(13)18-17-20-19-16(22-17)12-21-11-14-8-3-2-4-9-14/h2-4,8-9,13,15H,5-7,10-12H2,1H3,(H,18,20). The fourth-order valence-corrected chi connectivity index (χ4v) is 2.89. The molecule has 118 valence electrons. The highest BCUT2D eigenvalue weighted by molar-refractivity contribution is 5.20. The van der Waals surface area contributed by atoms with E-state index in [1.165, 1.54) is 25.7 Å². The molecule has 1 aromatic carbocycles. The number of hydrogen-bond acceptors (Lipinski definition) is 5. The minimum absolute atomic E-state index is 0.337. The van der Waals surface area contributed by atoms with Gasteiger partial charge in [-0.1, -0.05) is 55.2 Å². The van der Waals surface area contributed by atoms with Gasteiger partial charge in [-0.15, -0.1) is 5.10 Å². The first-order valence-electron chi connectivity index (χ1n) is 8.02. The molecule has 0 bridgehead atoms. The van der Waals surface area contributed by atoms with Crippen molar-refractivity contribution in [2.24, 2.45) is 5.92 Å². The molecule has 5 heteroatoms. The van der Waals surface area contributed by atoms with Crippen LogP contribution in [0.2, 0.25) is 0 Å². The van der Waals surface area contributed by atoms with Gasteiger partial charge in [-0.25, -0.2) is 0 Å². The van der Waals surface area contributed by atoms with Crippen LogP contribution in [0.1, 0.15) is 44.1 Å². The van der Waals surface area contributed by atoms with Crippen LogP contribution >= 0.6 is 0 Å². The zero-order valence-corrected chi connectivity index (χ0v) is 13.0. The second-order valence-electron chi connectivity index (χ2n) is 5.99. The predicted molar refractivity (Wildman–Crippen MR) is 84.3 cm³/mol. The Morgan fingerprint density at radius 1 is 1.14 bits per heavy atom. The van der Waals surface area contributed by atoms with Crippen LogP contribution in [0.5, 0.6) is 0 Å².